The highest BCUT2D eigenvalue weighted by atomic mass is 16.5. The molecule has 1 heterocycles. The molecule has 0 aliphatic heterocycles. The predicted octanol–water partition coefficient (Wildman–Crippen LogP) is 3.40. The molecule has 0 saturated heterocycles. The van der Waals surface area contributed by atoms with E-state index in [1.54, 1.807) is 6.26 Å². The van der Waals surface area contributed by atoms with Crippen molar-refractivity contribution in [3.8, 4) is 17.2 Å². The van der Waals surface area contributed by atoms with E-state index < -0.39 is 0 Å². The van der Waals surface area contributed by atoms with Crippen LogP contribution in [0.3, 0.4) is 0 Å². The zero-order valence-electron chi connectivity index (χ0n) is 11.9. The molecule has 0 fully saturated rings. The average molecular weight is 296 g/mol. The summed E-state index contributed by atoms with van der Waals surface area (Å²) in [5, 5.41) is 8.64. The molecule has 2 aromatic carbocycles. The van der Waals surface area contributed by atoms with E-state index in [4.69, 9.17) is 14.4 Å². The van der Waals surface area contributed by atoms with Crippen LogP contribution in [-0.4, -0.2) is 10.2 Å². The van der Waals surface area contributed by atoms with Gasteiger partial charge in [0.1, 0.15) is 24.3 Å². The van der Waals surface area contributed by atoms with Crippen molar-refractivity contribution in [3.63, 3.8) is 0 Å². The minimum atomic E-state index is 0.341. The predicted molar refractivity (Wildman–Crippen MR) is 81.3 cm³/mol. The Balaban J connectivity index is 1.61. The quantitative estimate of drug-likeness (QED) is 0.682. The van der Waals surface area contributed by atoms with Crippen LogP contribution in [0.15, 0.2) is 65.3 Å². The summed E-state index contributed by atoms with van der Waals surface area (Å²) in [6.45, 7) is 0.748. The van der Waals surface area contributed by atoms with Crippen molar-refractivity contribution in [1.82, 2.24) is 10.5 Å². The Hall–Kier alpha value is -2.63. The number of hydroxylamine groups is 1. The number of nitrogens with one attached hydrogen (secondary N) is 1. The van der Waals surface area contributed by atoms with Crippen molar-refractivity contribution in [2.75, 3.05) is 0 Å². The molecule has 2 N–H and O–H groups in total. The molecular weight excluding hydrogens is 280 g/mol. The molecule has 0 bridgehead atoms. The van der Waals surface area contributed by atoms with Crippen molar-refractivity contribution in [1.29, 1.82) is 0 Å². The van der Waals surface area contributed by atoms with E-state index in [0.29, 0.717) is 19.0 Å². The number of nitrogens with zero attached hydrogens (tertiary/aromatic N) is 1. The Bertz CT molecular complexity index is 708. The van der Waals surface area contributed by atoms with Crippen LogP contribution in [0.4, 0.5) is 0 Å². The molecule has 1 aromatic heterocycles. The van der Waals surface area contributed by atoms with E-state index in [0.717, 1.165) is 22.6 Å². The maximum absolute atomic E-state index is 8.64. The molecule has 112 valence electrons. The SMILES string of the molecule is ONCc1ccc(OCc2coc(-c3ccccc3)n2)cc1. The normalized spacial score (nSPS) is 10.6. The number of rotatable bonds is 6. The van der Waals surface area contributed by atoms with Crippen LogP contribution >= 0.6 is 0 Å². The summed E-state index contributed by atoms with van der Waals surface area (Å²) in [5.74, 6) is 1.33. The number of hydrogen-bond donors (Lipinski definition) is 2. The summed E-state index contributed by atoms with van der Waals surface area (Å²) in [7, 11) is 0. The van der Waals surface area contributed by atoms with Gasteiger partial charge in [0.25, 0.3) is 0 Å². The second-order valence-electron chi connectivity index (χ2n) is 4.78. The Morgan fingerprint density at radius 3 is 2.55 bits per heavy atom. The molecule has 0 saturated carbocycles. The van der Waals surface area contributed by atoms with Crippen molar-refractivity contribution >= 4 is 0 Å². The van der Waals surface area contributed by atoms with Gasteiger partial charge in [0.05, 0.1) is 0 Å². The van der Waals surface area contributed by atoms with Crippen LogP contribution in [-0.2, 0) is 13.2 Å². The summed E-state index contributed by atoms with van der Waals surface area (Å²) < 4.78 is 11.1. The highest BCUT2D eigenvalue weighted by Crippen LogP contribution is 2.19. The lowest BCUT2D eigenvalue weighted by molar-refractivity contribution is 0.161. The molecule has 22 heavy (non-hydrogen) atoms. The number of oxazole rings is 1. The standard InChI is InChI=1S/C17H16N2O3/c20-18-10-13-6-8-16(9-7-13)21-11-15-12-22-17(19-15)14-4-2-1-3-5-14/h1-9,12,18,20H,10-11H2. The minimum Gasteiger partial charge on any atom is -0.487 e. The van der Waals surface area contributed by atoms with Gasteiger partial charge in [-0.15, -0.1) is 0 Å². The van der Waals surface area contributed by atoms with Crippen molar-refractivity contribution in [2.45, 2.75) is 13.2 Å². The van der Waals surface area contributed by atoms with Crippen LogP contribution in [0, 0.1) is 0 Å². The van der Waals surface area contributed by atoms with Crippen LogP contribution < -0.4 is 10.2 Å². The highest BCUT2D eigenvalue weighted by Gasteiger charge is 2.06. The molecular formula is C17H16N2O3. The van der Waals surface area contributed by atoms with E-state index in [2.05, 4.69) is 10.5 Å². The Kier molecular flexibility index (Phi) is 4.48. The van der Waals surface area contributed by atoms with E-state index in [1.165, 1.54) is 0 Å². The first-order chi connectivity index (χ1) is 10.8. The van der Waals surface area contributed by atoms with E-state index in [-0.39, 0.29) is 0 Å². The Labute approximate surface area is 128 Å². The van der Waals surface area contributed by atoms with E-state index >= 15 is 0 Å². The molecule has 3 aromatic rings. The first-order valence-electron chi connectivity index (χ1n) is 6.93. The third kappa shape index (κ3) is 3.52. The van der Waals surface area contributed by atoms with Gasteiger partial charge in [-0.25, -0.2) is 10.5 Å². The third-order valence-corrected chi connectivity index (χ3v) is 3.17. The van der Waals surface area contributed by atoms with Gasteiger partial charge in [-0.1, -0.05) is 30.3 Å². The Morgan fingerprint density at radius 2 is 1.82 bits per heavy atom. The first kappa shape index (κ1) is 14.3. The molecule has 0 spiro atoms. The second kappa shape index (κ2) is 6.89. The fraction of sp³-hybridized carbons (Fsp3) is 0.118. The lowest BCUT2D eigenvalue weighted by Crippen LogP contribution is -2.05. The monoisotopic (exact) mass is 296 g/mol. The maximum Gasteiger partial charge on any atom is 0.226 e. The van der Waals surface area contributed by atoms with Crippen LogP contribution in [0.25, 0.3) is 11.5 Å². The molecule has 5 heteroatoms. The summed E-state index contributed by atoms with van der Waals surface area (Å²) in [6.07, 6.45) is 1.60. The molecule has 0 radical (unpaired) electrons. The van der Waals surface area contributed by atoms with Crippen molar-refractivity contribution in [3.05, 3.63) is 72.1 Å². The summed E-state index contributed by atoms with van der Waals surface area (Å²) in [4.78, 5) is 4.41. The largest absolute Gasteiger partial charge is 0.487 e. The summed E-state index contributed by atoms with van der Waals surface area (Å²) >= 11 is 0. The van der Waals surface area contributed by atoms with E-state index in [1.807, 2.05) is 54.6 Å². The van der Waals surface area contributed by atoms with Crippen LogP contribution in [0.5, 0.6) is 5.75 Å². The average Bonchev–Trinajstić information content (AvgIpc) is 3.04. The van der Waals surface area contributed by atoms with Gasteiger partial charge >= 0.3 is 0 Å². The first-order valence-corrected chi connectivity index (χ1v) is 6.93. The molecule has 0 unspecified atom stereocenters. The lowest BCUT2D eigenvalue weighted by atomic mass is 10.2. The lowest BCUT2D eigenvalue weighted by Gasteiger charge is -2.05. The van der Waals surface area contributed by atoms with Crippen molar-refractivity contribution < 1.29 is 14.4 Å². The fourth-order valence-electron chi connectivity index (χ4n) is 2.04. The van der Waals surface area contributed by atoms with Gasteiger partial charge in [-0.05, 0) is 29.8 Å². The number of benzene rings is 2. The topological polar surface area (TPSA) is 67.5 Å². The van der Waals surface area contributed by atoms with E-state index in [9.17, 15) is 0 Å². The summed E-state index contributed by atoms with van der Waals surface area (Å²) in [5.41, 5.74) is 4.77. The molecule has 0 aliphatic carbocycles. The van der Waals surface area contributed by atoms with Gasteiger partial charge < -0.3 is 14.4 Å². The number of ether oxygens (including phenoxy) is 1. The zero-order chi connectivity index (χ0) is 15.2. The van der Waals surface area contributed by atoms with Gasteiger partial charge in [0.15, 0.2) is 0 Å². The number of hydrogen-bond acceptors (Lipinski definition) is 5. The van der Waals surface area contributed by atoms with Gasteiger partial charge in [0.2, 0.25) is 5.89 Å². The highest BCUT2D eigenvalue weighted by molar-refractivity contribution is 5.52. The molecule has 0 atom stereocenters. The Morgan fingerprint density at radius 1 is 1.05 bits per heavy atom. The molecule has 3 rings (SSSR count). The maximum atomic E-state index is 8.64. The van der Waals surface area contributed by atoms with Gasteiger partial charge in [-0.3, -0.25) is 0 Å². The number of aromatic nitrogens is 1. The minimum absolute atomic E-state index is 0.341. The molecule has 5 nitrogen and oxygen atoms in total. The molecule has 0 amide bonds. The van der Waals surface area contributed by atoms with Crippen LogP contribution in [0.1, 0.15) is 11.3 Å². The smallest absolute Gasteiger partial charge is 0.226 e. The van der Waals surface area contributed by atoms with Crippen molar-refractivity contribution in [2.24, 2.45) is 0 Å². The van der Waals surface area contributed by atoms with Gasteiger partial charge in [-0.2, -0.15) is 0 Å². The van der Waals surface area contributed by atoms with Gasteiger partial charge in [0, 0.05) is 12.1 Å². The zero-order valence-corrected chi connectivity index (χ0v) is 11.9. The summed E-state index contributed by atoms with van der Waals surface area (Å²) in [6, 6.07) is 17.2. The third-order valence-electron chi connectivity index (χ3n) is 3.17. The fourth-order valence-corrected chi connectivity index (χ4v) is 2.04. The van der Waals surface area contributed by atoms with Crippen LogP contribution in [0.2, 0.25) is 0 Å². The molecule has 0 aliphatic rings. The second-order valence-corrected chi connectivity index (χ2v) is 4.78.